The molecule has 0 bridgehead atoms. The van der Waals surface area contributed by atoms with E-state index >= 15 is 0 Å². The average molecular weight is 522 g/mol. The second kappa shape index (κ2) is 12.2. The monoisotopic (exact) mass is 522 g/mol. The lowest BCUT2D eigenvalue weighted by molar-refractivity contribution is -0.194. The molecule has 1 heterocycles. The third-order valence-electron chi connectivity index (χ3n) is 6.46. The van der Waals surface area contributed by atoms with E-state index in [2.05, 4.69) is 0 Å². The molecule has 2 radical (unpaired) electrons. The van der Waals surface area contributed by atoms with Gasteiger partial charge in [0.2, 0.25) is 0 Å². The van der Waals surface area contributed by atoms with Gasteiger partial charge in [0.05, 0.1) is 20.8 Å². The molecule has 0 spiro atoms. The Morgan fingerprint density at radius 3 is 1.81 bits per heavy atom. The van der Waals surface area contributed by atoms with E-state index in [9.17, 15) is 9.46 Å². The van der Waals surface area contributed by atoms with Gasteiger partial charge >= 0.3 is 8.25 Å². The number of ether oxygens (including phenoxy) is 5. The molecule has 1 aliphatic rings. The first-order valence-corrected chi connectivity index (χ1v) is 12.8. The Hall–Kier alpha value is -2.78. The molecular formula is C27H28BO8P. The highest BCUT2D eigenvalue weighted by atomic mass is 31.1. The lowest BCUT2D eigenvalue weighted by atomic mass is 9.80. The number of hydrogen-bond donors (Lipinski definition) is 0. The van der Waals surface area contributed by atoms with Crippen molar-refractivity contribution < 1.29 is 37.7 Å². The fraction of sp³-hybridized carbons (Fsp3) is 0.333. The molecule has 0 aromatic heterocycles. The first-order valence-electron chi connectivity index (χ1n) is 11.7. The van der Waals surface area contributed by atoms with E-state index in [4.69, 9.17) is 36.1 Å². The molecule has 1 saturated heterocycles. The Morgan fingerprint density at radius 1 is 0.838 bits per heavy atom. The predicted molar refractivity (Wildman–Crippen MR) is 136 cm³/mol. The summed E-state index contributed by atoms with van der Waals surface area (Å²) in [5.74, 6) is 1.39. The van der Waals surface area contributed by atoms with Crippen LogP contribution in [0.2, 0.25) is 0 Å². The SMILES string of the molecule is [B][C@@H]1O[C@H](COC(c2ccccc2)(c2ccc(OC)cc2)c2ccc(OC)cc2)[C@H](O[P+](=O)[O-])C1OC. The van der Waals surface area contributed by atoms with Crippen LogP contribution in [0, 0.1) is 0 Å². The first-order chi connectivity index (χ1) is 17.9. The van der Waals surface area contributed by atoms with Crippen molar-refractivity contribution in [1.29, 1.82) is 0 Å². The maximum atomic E-state index is 11.5. The largest absolute Gasteiger partial charge is 0.566 e. The van der Waals surface area contributed by atoms with Gasteiger partial charge in [-0.2, -0.15) is 0 Å². The fourth-order valence-corrected chi connectivity index (χ4v) is 5.12. The molecule has 3 aromatic rings. The van der Waals surface area contributed by atoms with E-state index in [0.717, 1.165) is 16.7 Å². The lowest BCUT2D eigenvalue weighted by Crippen LogP contribution is -2.41. The van der Waals surface area contributed by atoms with E-state index in [1.165, 1.54) is 7.11 Å². The molecule has 0 N–H and O–H groups in total. The summed E-state index contributed by atoms with van der Waals surface area (Å²) < 4.78 is 45.4. The van der Waals surface area contributed by atoms with Crippen molar-refractivity contribution >= 4 is 16.1 Å². The van der Waals surface area contributed by atoms with Crippen molar-refractivity contribution in [3.05, 3.63) is 95.6 Å². The summed E-state index contributed by atoms with van der Waals surface area (Å²) in [6.07, 6.45) is -2.57. The minimum Gasteiger partial charge on any atom is -0.566 e. The summed E-state index contributed by atoms with van der Waals surface area (Å²) in [6, 6.07) is 24.0. The molecule has 37 heavy (non-hydrogen) atoms. The molecule has 0 amide bonds. The highest BCUT2D eigenvalue weighted by Crippen LogP contribution is 2.42. The number of methoxy groups -OCH3 is 3. The topological polar surface area (TPSA) is 95.5 Å². The second-order valence-electron chi connectivity index (χ2n) is 8.45. The zero-order valence-corrected chi connectivity index (χ0v) is 21.7. The van der Waals surface area contributed by atoms with Crippen LogP contribution in [-0.4, -0.2) is 60.1 Å². The second-order valence-corrected chi connectivity index (χ2v) is 9.11. The quantitative estimate of drug-likeness (QED) is 0.215. The maximum absolute atomic E-state index is 11.5. The molecule has 2 unspecified atom stereocenters. The van der Waals surface area contributed by atoms with Gasteiger partial charge in [0.25, 0.3) is 0 Å². The van der Waals surface area contributed by atoms with E-state index in [0.29, 0.717) is 11.5 Å². The molecule has 4 rings (SSSR count). The van der Waals surface area contributed by atoms with Crippen LogP contribution >= 0.6 is 8.25 Å². The Kier molecular flexibility index (Phi) is 8.97. The minimum absolute atomic E-state index is 0.0473. The molecule has 1 fully saturated rings. The van der Waals surface area contributed by atoms with Gasteiger partial charge in [0, 0.05) is 13.1 Å². The molecule has 3 aromatic carbocycles. The Bertz CT molecular complexity index is 1110. The van der Waals surface area contributed by atoms with Gasteiger partial charge < -0.3 is 28.6 Å². The third kappa shape index (κ3) is 5.72. The fourth-order valence-electron chi connectivity index (χ4n) is 4.67. The van der Waals surface area contributed by atoms with Crippen molar-refractivity contribution in [2.75, 3.05) is 27.9 Å². The van der Waals surface area contributed by atoms with Crippen LogP contribution in [0.4, 0.5) is 0 Å². The minimum atomic E-state index is -3.17. The van der Waals surface area contributed by atoms with Gasteiger partial charge in [-0.3, -0.25) is 0 Å². The maximum Gasteiger partial charge on any atom is 0.488 e. The van der Waals surface area contributed by atoms with Gasteiger partial charge in [-0.1, -0.05) is 54.6 Å². The van der Waals surface area contributed by atoms with Crippen LogP contribution in [0.25, 0.3) is 0 Å². The van der Waals surface area contributed by atoms with Crippen LogP contribution < -0.4 is 14.4 Å². The van der Waals surface area contributed by atoms with Gasteiger partial charge in [0.15, 0.2) is 6.10 Å². The van der Waals surface area contributed by atoms with Gasteiger partial charge in [0.1, 0.15) is 37.2 Å². The molecule has 0 aliphatic carbocycles. The summed E-state index contributed by atoms with van der Waals surface area (Å²) in [4.78, 5) is 11.5. The van der Waals surface area contributed by atoms with Crippen molar-refractivity contribution in [1.82, 2.24) is 0 Å². The summed E-state index contributed by atoms with van der Waals surface area (Å²) in [6.45, 7) is -0.0473. The third-order valence-corrected chi connectivity index (χ3v) is 6.88. The smallest absolute Gasteiger partial charge is 0.488 e. The molecule has 192 valence electrons. The van der Waals surface area contributed by atoms with Gasteiger partial charge in [-0.15, -0.1) is 4.52 Å². The summed E-state index contributed by atoms with van der Waals surface area (Å²) >= 11 is 0. The number of benzene rings is 3. The molecule has 5 atom stereocenters. The number of hydrogen-bond acceptors (Lipinski definition) is 8. The first kappa shape index (κ1) is 27.3. The van der Waals surface area contributed by atoms with Crippen LogP contribution in [-0.2, 0) is 28.9 Å². The summed E-state index contributed by atoms with van der Waals surface area (Å²) in [7, 11) is 7.54. The summed E-state index contributed by atoms with van der Waals surface area (Å²) in [5, 5.41) is 0. The highest BCUT2D eigenvalue weighted by Gasteiger charge is 2.48. The van der Waals surface area contributed by atoms with E-state index in [1.54, 1.807) is 14.2 Å². The average Bonchev–Trinajstić information content (AvgIpc) is 3.23. The van der Waals surface area contributed by atoms with Gasteiger partial charge in [-0.05, 0) is 45.5 Å². The van der Waals surface area contributed by atoms with E-state index in [1.807, 2.05) is 78.9 Å². The predicted octanol–water partition coefficient (Wildman–Crippen LogP) is 3.32. The molecule has 10 heteroatoms. The van der Waals surface area contributed by atoms with E-state index in [-0.39, 0.29) is 6.61 Å². The normalized spacial score (nSPS) is 22.0. The van der Waals surface area contributed by atoms with Crippen LogP contribution in [0.5, 0.6) is 11.5 Å². The molecule has 8 nitrogen and oxygen atoms in total. The zero-order chi connectivity index (χ0) is 26.4. The Balaban J connectivity index is 1.81. The van der Waals surface area contributed by atoms with Crippen molar-refractivity contribution in [3.63, 3.8) is 0 Å². The van der Waals surface area contributed by atoms with Crippen LogP contribution in [0.1, 0.15) is 16.7 Å². The molecular weight excluding hydrogens is 494 g/mol. The Morgan fingerprint density at radius 2 is 1.35 bits per heavy atom. The van der Waals surface area contributed by atoms with Crippen LogP contribution in [0.15, 0.2) is 78.9 Å². The zero-order valence-electron chi connectivity index (χ0n) is 20.8. The summed E-state index contributed by atoms with van der Waals surface area (Å²) in [5.41, 5.74) is 1.39. The van der Waals surface area contributed by atoms with Crippen molar-refractivity contribution in [2.45, 2.75) is 29.9 Å². The van der Waals surface area contributed by atoms with Crippen molar-refractivity contribution in [3.8, 4) is 11.5 Å². The van der Waals surface area contributed by atoms with Gasteiger partial charge in [-0.25, -0.2) is 0 Å². The van der Waals surface area contributed by atoms with E-state index < -0.39 is 38.2 Å². The number of rotatable bonds is 11. The highest BCUT2D eigenvalue weighted by molar-refractivity contribution is 7.30. The van der Waals surface area contributed by atoms with Crippen molar-refractivity contribution in [2.24, 2.45) is 0 Å². The lowest BCUT2D eigenvalue weighted by Gasteiger charge is -2.37. The standard InChI is InChI=1S/C27H28BO8P/c1-31-21-13-9-19(10-14-21)27(18-7-5-4-6-8-18,20-11-15-22(32-2)16-12-20)34-17-23-24(36-37(29)30)25(33-3)26(28)35-23/h4-16,23-26H,17H2,1-3H3/t23-,24+,25?,26-/m1/s1. The Labute approximate surface area is 218 Å². The molecule has 0 saturated carbocycles. The molecule has 1 aliphatic heterocycles. The van der Waals surface area contributed by atoms with Crippen LogP contribution in [0.3, 0.4) is 0 Å².